The van der Waals surface area contributed by atoms with E-state index in [2.05, 4.69) is 32.9 Å². The molecule has 0 aliphatic heterocycles. The third-order valence-electron chi connectivity index (χ3n) is 9.49. The second kappa shape index (κ2) is 6.74. The van der Waals surface area contributed by atoms with E-state index in [1.54, 1.807) is 0 Å². The van der Waals surface area contributed by atoms with Gasteiger partial charge in [-0.1, -0.05) is 32.9 Å². The molecule has 4 rings (SSSR count). The lowest BCUT2D eigenvalue weighted by molar-refractivity contribution is -0.137. The molecule has 0 aromatic heterocycles. The van der Waals surface area contributed by atoms with Crippen molar-refractivity contribution in [1.82, 2.24) is 0 Å². The van der Waals surface area contributed by atoms with Gasteiger partial charge in [0.1, 0.15) is 5.78 Å². The lowest BCUT2D eigenvalue weighted by Crippen LogP contribution is -2.51. The van der Waals surface area contributed by atoms with Crippen LogP contribution in [0.15, 0.2) is 12.2 Å². The SMILES string of the molecule is C[C@H](CCC(=O)O)[C@H]1CC[C@@H]2[C@H]3CC[C@@H]4CC(=O)CC[C@]4(C)[C@@H]3C=C[C@@]21C. The van der Waals surface area contributed by atoms with Crippen molar-refractivity contribution in [2.75, 3.05) is 0 Å². The van der Waals surface area contributed by atoms with Crippen LogP contribution in [0.5, 0.6) is 0 Å². The number of hydrogen-bond donors (Lipinski definition) is 1. The Labute approximate surface area is 164 Å². The maximum Gasteiger partial charge on any atom is 0.303 e. The summed E-state index contributed by atoms with van der Waals surface area (Å²) in [5.41, 5.74) is 0.536. The fourth-order valence-electron chi connectivity index (χ4n) is 7.91. The summed E-state index contributed by atoms with van der Waals surface area (Å²) < 4.78 is 0. The molecule has 4 aliphatic carbocycles. The molecule has 8 atom stereocenters. The number of allylic oxidation sites excluding steroid dienone is 2. The van der Waals surface area contributed by atoms with Gasteiger partial charge in [-0.3, -0.25) is 9.59 Å². The summed E-state index contributed by atoms with van der Waals surface area (Å²) in [5, 5.41) is 9.08. The van der Waals surface area contributed by atoms with Gasteiger partial charge in [0, 0.05) is 19.3 Å². The Morgan fingerprint density at radius 2 is 2.04 bits per heavy atom. The highest BCUT2D eigenvalue weighted by molar-refractivity contribution is 5.79. The van der Waals surface area contributed by atoms with Crippen molar-refractivity contribution in [2.24, 2.45) is 46.3 Å². The third-order valence-corrected chi connectivity index (χ3v) is 9.49. The molecule has 0 spiro atoms. The second-order valence-corrected chi connectivity index (χ2v) is 10.6. The van der Waals surface area contributed by atoms with E-state index in [0.29, 0.717) is 41.3 Å². The summed E-state index contributed by atoms with van der Waals surface area (Å²) in [4.78, 5) is 23.0. The minimum atomic E-state index is -0.668. The predicted octanol–water partition coefficient (Wildman–Crippen LogP) is 5.49. The van der Waals surface area contributed by atoms with Gasteiger partial charge in [0.15, 0.2) is 0 Å². The topological polar surface area (TPSA) is 54.4 Å². The van der Waals surface area contributed by atoms with Crippen LogP contribution in [-0.2, 0) is 9.59 Å². The van der Waals surface area contributed by atoms with Crippen molar-refractivity contribution in [1.29, 1.82) is 0 Å². The van der Waals surface area contributed by atoms with Gasteiger partial charge in [0.05, 0.1) is 0 Å². The van der Waals surface area contributed by atoms with Crippen LogP contribution in [0, 0.1) is 46.3 Å². The first kappa shape index (κ1) is 19.2. The van der Waals surface area contributed by atoms with E-state index < -0.39 is 5.97 Å². The van der Waals surface area contributed by atoms with E-state index >= 15 is 0 Å². The molecule has 1 N–H and O–H groups in total. The fourth-order valence-corrected chi connectivity index (χ4v) is 7.91. The fraction of sp³-hybridized carbons (Fsp3) is 0.833. The number of carboxylic acids is 1. The summed E-state index contributed by atoms with van der Waals surface area (Å²) in [6, 6.07) is 0. The van der Waals surface area contributed by atoms with Gasteiger partial charge in [0.2, 0.25) is 0 Å². The standard InChI is InChI=1S/C24H36O3/c1-15(4-9-22(26)27)19-7-8-20-18-6-5-16-14-17(25)10-12-23(16,2)21(18)11-13-24(19,20)3/h11,13,15-16,18-21H,4-10,12,14H2,1-3H3,(H,26,27)/t15-,16-,18-,19-,20-,21-,23+,24-/m1/s1. The molecule has 3 saturated carbocycles. The van der Waals surface area contributed by atoms with Crippen molar-refractivity contribution in [2.45, 2.75) is 78.6 Å². The quantitative estimate of drug-likeness (QED) is 0.664. The minimum Gasteiger partial charge on any atom is -0.481 e. The number of aliphatic carboxylic acids is 1. The summed E-state index contributed by atoms with van der Waals surface area (Å²) in [5.74, 6) is 3.60. The van der Waals surface area contributed by atoms with E-state index in [9.17, 15) is 9.59 Å². The van der Waals surface area contributed by atoms with E-state index in [1.807, 2.05) is 0 Å². The Kier molecular flexibility index (Phi) is 4.79. The van der Waals surface area contributed by atoms with Gasteiger partial charge >= 0.3 is 5.97 Å². The van der Waals surface area contributed by atoms with Gasteiger partial charge in [0.25, 0.3) is 0 Å². The van der Waals surface area contributed by atoms with Crippen molar-refractivity contribution in [3.63, 3.8) is 0 Å². The Morgan fingerprint density at radius 1 is 1.26 bits per heavy atom. The summed E-state index contributed by atoms with van der Waals surface area (Å²) in [6.45, 7) is 7.19. The zero-order chi connectivity index (χ0) is 19.4. The molecule has 4 aliphatic rings. The van der Waals surface area contributed by atoms with Crippen molar-refractivity contribution >= 4 is 11.8 Å². The largest absolute Gasteiger partial charge is 0.481 e. The zero-order valence-corrected chi connectivity index (χ0v) is 17.2. The first-order chi connectivity index (χ1) is 12.8. The van der Waals surface area contributed by atoms with Crippen molar-refractivity contribution in [3.05, 3.63) is 12.2 Å². The molecule has 0 radical (unpaired) electrons. The molecule has 150 valence electrons. The first-order valence-electron chi connectivity index (χ1n) is 11.2. The van der Waals surface area contributed by atoms with Crippen LogP contribution in [0.25, 0.3) is 0 Å². The molecule has 0 unspecified atom stereocenters. The minimum absolute atomic E-state index is 0.229. The molecule has 3 fully saturated rings. The predicted molar refractivity (Wildman–Crippen MR) is 106 cm³/mol. The Bertz CT molecular complexity index is 652. The van der Waals surface area contributed by atoms with Gasteiger partial charge < -0.3 is 5.11 Å². The number of ketones is 1. The second-order valence-electron chi connectivity index (χ2n) is 10.6. The lowest BCUT2D eigenvalue weighted by Gasteiger charge is -2.58. The Hall–Kier alpha value is -1.12. The molecule has 0 saturated heterocycles. The number of fused-ring (bicyclic) bond motifs is 5. The molecule has 0 amide bonds. The van der Waals surface area contributed by atoms with Crippen LogP contribution in [0.3, 0.4) is 0 Å². The third kappa shape index (κ3) is 3.00. The molecule has 0 aromatic carbocycles. The highest BCUT2D eigenvalue weighted by atomic mass is 16.4. The van der Waals surface area contributed by atoms with Crippen LogP contribution in [-0.4, -0.2) is 16.9 Å². The van der Waals surface area contributed by atoms with E-state index in [1.165, 1.54) is 25.7 Å². The molecular formula is C24H36O3. The van der Waals surface area contributed by atoms with Crippen LogP contribution in [0.1, 0.15) is 78.6 Å². The maximum atomic E-state index is 12.0. The number of hydrogen-bond acceptors (Lipinski definition) is 2. The van der Waals surface area contributed by atoms with Gasteiger partial charge in [-0.2, -0.15) is 0 Å². The maximum absolute atomic E-state index is 12.0. The molecule has 3 nitrogen and oxygen atoms in total. The average molecular weight is 373 g/mol. The molecule has 3 heteroatoms. The first-order valence-corrected chi connectivity index (χ1v) is 11.2. The zero-order valence-electron chi connectivity index (χ0n) is 17.2. The van der Waals surface area contributed by atoms with Crippen molar-refractivity contribution < 1.29 is 14.7 Å². The average Bonchev–Trinajstić information content (AvgIpc) is 2.97. The van der Waals surface area contributed by atoms with Crippen LogP contribution in [0.2, 0.25) is 0 Å². The van der Waals surface area contributed by atoms with Crippen LogP contribution < -0.4 is 0 Å². The summed E-state index contributed by atoms with van der Waals surface area (Å²) >= 11 is 0. The van der Waals surface area contributed by atoms with Crippen molar-refractivity contribution in [3.8, 4) is 0 Å². The molecular weight excluding hydrogens is 336 g/mol. The highest BCUT2D eigenvalue weighted by Crippen LogP contribution is 2.65. The number of carboxylic acid groups (broad SMARTS) is 1. The normalized spacial score (nSPS) is 47.1. The Morgan fingerprint density at radius 3 is 2.78 bits per heavy atom. The lowest BCUT2D eigenvalue weighted by atomic mass is 9.46. The van der Waals surface area contributed by atoms with Crippen LogP contribution in [0.4, 0.5) is 0 Å². The molecule has 0 bridgehead atoms. The highest BCUT2D eigenvalue weighted by Gasteiger charge is 2.58. The molecule has 0 aromatic rings. The summed E-state index contributed by atoms with van der Waals surface area (Å²) in [6.07, 6.45) is 13.9. The van der Waals surface area contributed by atoms with E-state index in [-0.39, 0.29) is 5.41 Å². The van der Waals surface area contributed by atoms with Crippen LogP contribution >= 0.6 is 0 Å². The number of carbonyl (C=O) groups excluding carboxylic acids is 1. The van der Waals surface area contributed by atoms with Gasteiger partial charge in [-0.25, -0.2) is 0 Å². The van der Waals surface area contributed by atoms with E-state index in [4.69, 9.17) is 5.11 Å². The molecule has 0 heterocycles. The Balaban J connectivity index is 1.57. The summed E-state index contributed by atoms with van der Waals surface area (Å²) in [7, 11) is 0. The molecule has 27 heavy (non-hydrogen) atoms. The van der Waals surface area contributed by atoms with Gasteiger partial charge in [-0.05, 0) is 84.9 Å². The smallest absolute Gasteiger partial charge is 0.303 e. The number of Topliss-reactive ketones (excluding diaryl/α,β-unsaturated/α-hetero) is 1. The number of carbonyl (C=O) groups is 2. The van der Waals surface area contributed by atoms with E-state index in [0.717, 1.165) is 37.5 Å². The van der Waals surface area contributed by atoms with Gasteiger partial charge in [-0.15, -0.1) is 0 Å². The number of rotatable bonds is 4. The monoisotopic (exact) mass is 372 g/mol.